The number of carboxylic acid groups (broad SMARTS) is 1. The summed E-state index contributed by atoms with van der Waals surface area (Å²) in [7, 11) is 0. The summed E-state index contributed by atoms with van der Waals surface area (Å²) in [5.41, 5.74) is 7.68. The quantitative estimate of drug-likeness (QED) is 0.687. The average Bonchev–Trinajstić information content (AvgIpc) is 2.98. The molecule has 1 aromatic carbocycles. The minimum Gasteiger partial charge on any atom is -0.478 e. The molecule has 7 heteroatoms. The molecule has 1 aromatic heterocycles. The van der Waals surface area contributed by atoms with Gasteiger partial charge in [0.15, 0.2) is 5.82 Å². The lowest BCUT2D eigenvalue weighted by atomic mass is 9.91. The van der Waals surface area contributed by atoms with Gasteiger partial charge in [-0.25, -0.2) is 9.89 Å². The number of tetrazole rings is 1. The van der Waals surface area contributed by atoms with E-state index in [1.54, 1.807) is 18.2 Å². The molecular weight excluding hydrogens is 234 g/mol. The number of carbonyl (C=O) groups is 1. The molecule has 2 aromatic rings. The van der Waals surface area contributed by atoms with Crippen molar-refractivity contribution < 1.29 is 9.90 Å². The standard InChI is InChI=1S/C11H11N5O2/c12-11(10-13-15-16-14-10)4-3-6-5-7(9(17)18)1-2-8(6)11/h1-2,5H,3-4,12H2,(H,17,18)(H,13,14,15,16). The first-order valence-electron chi connectivity index (χ1n) is 5.51. The highest BCUT2D eigenvalue weighted by molar-refractivity contribution is 5.88. The zero-order valence-corrected chi connectivity index (χ0v) is 9.42. The number of fused-ring (bicyclic) bond motifs is 1. The SMILES string of the molecule is NC1(c2nnn[nH]2)CCc2cc(C(=O)O)ccc21. The first-order chi connectivity index (χ1) is 8.61. The van der Waals surface area contributed by atoms with Gasteiger partial charge in [0.05, 0.1) is 5.56 Å². The Kier molecular flexibility index (Phi) is 2.17. The zero-order chi connectivity index (χ0) is 12.8. The largest absolute Gasteiger partial charge is 0.478 e. The maximum atomic E-state index is 10.9. The summed E-state index contributed by atoms with van der Waals surface area (Å²) in [6, 6.07) is 4.96. The highest BCUT2D eigenvalue weighted by Gasteiger charge is 2.39. The van der Waals surface area contributed by atoms with Crippen LogP contribution in [0.3, 0.4) is 0 Å². The molecule has 3 rings (SSSR count). The van der Waals surface area contributed by atoms with Crippen molar-refractivity contribution in [3.63, 3.8) is 0 Å². The van der Waals surface area contributed by atoms with Crippen LogP contribution in [0.2, 0.25) is 0 Å². The van der Waals surface area contributed by atoms with Crippen molar-refractivity contribution in [2.45, 2.75) is 18.4 Å². The fraction of sp³-hybridized carbons (Fsp3) is 0.273. The number of H-pyrrole nitrogens is 1. The summed E-state index contributed by atoms with van der Waals surface area (Å²) in [6.07, 6.45) is 1.37. The van der Waals surface area contributed by atoms with Crippen molar-refractivity contribution in [2.24, 2.45) is 5.73 Å². The molecule has 1 aliphatic carbocycles. The van der Waals surface area contributed by atoms with Gasteiger partial charge in [0, 0.05) is 0 Å². The van der Waals surface area contributed by atoms with Crippen molar-refractivity contribution in [1.82, 2.24) is 20.6 Å². The Morgan fingerprint density at radius 1 is 1.50 bits per heavy atom. The van der Waals surface area contributed by atoms with Crippen LogP contribution >= 0.6 is 0 Å². The van der Waals surface area contributed by atoms with Crippen LogP contribution in [-0.2, 0) is 12.0 Å². The number of hydrogen-bond donors (Lipinski definition) is 3. The molecule has 7 nitrogen and oxygen atoms in total. The van der Waals surface area contributed by atoms with Gasteiger partial charge in [-0.1, -0.05) is 6.07 Å². The molecule has 1 heterocycles. The monoisotopic (exact) mass is 245 g/mol. The molecule has 0 saturated carbocycles. The van der Waals surface area contributed by atoms with Gasteiger partial charge in [-0.05, 0) is 46.5 Å². The third-order valence-electron chi connectivity index (χ3n) is 3.39. The lowest BCUT2D eigenvalue weighted by Gasteiger charge is -2.21. The number of aromatic nitrogens is 4. The second kappa shape index (κ2) is 3.61. The number of rotatable bonds is 2. The van der Waals surface area contributed by atoms with Crippen LogP contribution in [0.1, 0.15) is 33.7 Å². The highest BCUT2D eigenvalue weighted by Crippen LogP contribution is 2.38. The van der Waals surface area contributed by atoms with E-state index in [1.165, 1.54) is 0 Å². The first-order valence-corrected chi connectivity index (χ1v) is 5.51. The summed E-state index contributed by atoms with van der Waals surface area (Å²) in [4.78, 5) is 10.9. The van der Waals surface area contributed by atoms with Crippen molar-refractivity contribution in [2.75, 3.05) is 0 Å². The maximum absolute atomic E-state index is 10.9. The molecule has 1 atom stereocenters. The van der Waals surface area contributed by atoms with E-state index in [4.69, 9.17) is 10.8 Å². The van der Waals surface area contributed by atoms with Crippen molar-refractivity contribution in [3.05, 3.63) is 40.7 Å². The van der Waals surface area contributed by atoms with Gasteiger partial charge in [0.25, 0.3) is 0 Å². The number of aryl methyl sites for hydroxylation is 1. The Hall–Kier alpha value is -2.28. The Balaban J connectivity index is 2.10. The van der Waals surface area contributed by atoms with Crippen LogP contribution in [0, 0.1) is 0 Å². The van der Waals surface area contributed by atoms with E-state index in [-0.39, 0.29) is 5.56 Å². The number of nitrogens with zero attached hydrogens (tertiary/aromatic N) is 3. The number of benzene rings is 1. The molecule has 0 radical (unpaired) electrons. The predicted octanol–water partition coefficient (Wildman–Crippen LogP) is 0.0464. The van der Waals surface area contributed by atoms with Crippen LogP contribution in [0.5, 0.6) is 0 Å². The lowest BCUT2D eigenvalue weighted by Crippen LogP contribution is -2.36. The van der Waals surface area contributed by atoms with Crippen molar-refractivity contribution in [1.29, 1.82) is 0 Å². The number of nitrogens with one attached hydrogen (secondary N) is 1. The molecule has 0 bridgehead atoms. The van der Waals surface area contributed by atoms with E-state index in [9.17, 15) is 4.79 Å². The van der Waals surface area contributed by atoms with Crippen molar-refractivity contribution >= 4 is 5.97 Å². The maximum Gasteiger partial charge on any atom is 0.335 e. The predicted molar refractivity (Wildman–Crippen MR) is 60.9 cm³/mol. The number of carboxylic acids is 1. The second-order valence-electron chi connectivity index (χ2n) is 4.40. The first kappa shape index (κ1) is 10.8. The molecule has 4 N–H and O–H groups in total. The Morgan fingerprint density at radius 2 is 2.33 bits per heavy atom. The molecular formula is C11H11N5O2. The van der Waals surface area contributed by atoms with E-state index >= 15 is 0 Å². The Morgan fingerprint density at radius 3 is 3.00 bits per heavy atom. The summed E-state index contributed by atoms with van der Waals surface area (Å²) in [5, 5.41) is 22.6. The molecule has 1 aliphatic rings. The van der Waals surface area contributed by atoms with Gasteiger partial charge in [-0.3, -0.25) is 0 Å². The smallest absolute Gasteiger partial charge is 0.335 e. The number of nitrogens with two attached hydrogens (primary N) is 1. The van der Waals surface area contributed by atoms with Crippen LogP contribution in [0.15, 0.2) is 18.2 Å². The van der Waals surface area contributed by atoms with Gasteiger partial charge in [-0.15, -0.1) is 5.10 Å². The second-order valence-corrected chi connectivity index (χ2v) is 4.40. The molecule has 0 saturated heterocycles. The van der Waals surface area contributed by atoms with Crippen LogP contribution in [-0.4, -0.2) is 31.7 Å². The van der Waals surface area contributed by atoms with Gasteiger partial charge < -0.3 is 10.8 Å². The van der Waals surface area contributed by atoms with Gasteiger partial charge >= 0.3 is 5.97 Å². The number of aromatic amines is 1. The van der Waals surface area contributed by atoms with Crippen molar-refractivity contribution in [3.8, 4) is 0 Å². The van der Waals surface area contributed by atoms with E-state index in [0.717, 1.165) is 11.1 Å². The molecule has 92 valence electrons. The third-order valence-corrected chi connectivity index (χ3v) is 3.39. The van der Waals surface area contributed by atoms with Crippen LogP contribution in [0.4, 0.5) is 0 Å². The minimum absolute atomic E-state index is 0.272. The zero-order valence-electron chi connectivity index (χ0n) is 9.42. The van der Waals surface area contributed by atoms with E-state index in [1.807, 2.05) is 0 Å². The molecule has 0 amide bonds. The summed E-state index contributed by atoms with van der Waals surface area (Å²) in [5.74, 6) is -0.432. The molecule has 0 spiro atoms. The fourth-order valence-electron chi connectivity index (χ4n) is 2.43. The number of aromatic carboxylic acids is 1. The number of hydrogen-bond acceptors (Lipinski definition) is 5. The molecule has 0 aliphatic heterocycles. The fourth-order valence-corrected chi connectivity index (χ4v) is 2.43. The summed E-state index contributed by atoms with van der Waals surface area (Å²) >= 11 is 0. The molecule has 0 fully saturated rings. The van der Waals surface area contributed by atoms with Gasteiger partial charge in [0.1, 0.15) is 5.54 Å². The van der Waals surface area contributed by atoms with Crippen LogP contribution < -0.4 is 5.73 Å². The normalized spacial score (nSPS) is 21.8. The third kappa shape index (κ3) is 1.41. The van der Waals surface area contributed by atoms with Crippen LogP contribution in [0.25, 0.3) is 0 Å². The van der Waals surface area contributed by atoms with Gasteiger partial charge in [0.2, 0.25) is 0 Å². The minimum atomic E-state index is -0.936. The highest BCUT2D eigenvalue weighted by atomic mass is 16.4. The topological polar surface area (TPSA) is 118 Å². The average molecular weight is 245 g/mol. The van der Waals surface area contributed by atoms with E-state index in [0.29, 0.717) is 18.7 Å². The van der Waals surface area contributed by atoms with Gasteiger partial charge in [-0.2, -0.15) is 0 Å². The summed E-state index contributed by atoms with van der Waals surface area (Å²) < 4.78 is 0. The molecule has 1 unspecified atom stereocenters. The van der Waals surface area contributed by atoms with E-state index < -0.39 is 11.5 Å². The Bertz CT molecular complexity index is 610. The van der Waals surface area contributed by atoms with E-state index in [2.05, 4.69) is 20.6 Å². The summed E-state index contributed by atoms with van der Waals surface area (Å²) in [6.45, 7) is 0. The molecule has 18 heavy (non-hydrogen) atoms. The lowest BCUT2D eigenvalue weighted by molar-refractivity contribution is 0.0697. The Labute approximate surface area is 102 Å².